The van der Waals surface area contributed by atoms with Gasteiger partial charge in [-0.3, -0.25) is 14.7 Å². The lowest BCUT2D eigenvalue weighted by Gasteiger charge is -2.21. The van der Waals surface area contributed by atoms with Crippen molar-refractivity contribution in [3.8, 4) is 5.75 Å². The second kappa shape index (κ2) is 10.5. The van der Waals surface area contributed by atoms with Crippen LogP contribution in [0.25, 0.3) is 11.6 Å². The fourth-order valence-corrected chi connectivity index (χ4v) is 5.26. The van der Waals surface area contributed by atoms with Crippen LogP contribution in [0.15, 0.2) is 12.4 Å². The first kappa shape index (κ1) is 25.2. The molecule has 0 aliphatic carbocycles. The Kier molecular flexibility index (Phi) is 7.12. The first-order valence-electron chi connectivity index (χ1n) is 12.3. The number of aryl methyl sites for hydroxylation is 2. The van der Waals surface area contributed by atoms with Crippen LogP contribution in [0.2, 0.25) is 5.15 Å². The van der Waals surface area contributed by atoms with Crippen LogP contribution >= 0.6 is 11.6 Å². The molecular formula is C26H30ClN7O3. The molecule has 0 aromatic carbocycles. The van der Waals surface area contributed by atoms with Crippen LogP contribution in [-0.4, -0.2) is 51.2 Å². The second-order valence-electron chi connectivity index (χ2n) is 9.45. The van der Waals surface area contributed by atoms with Gasteiger partial charge in [0.05, 0.1) is 30.5 Å². The van der Waals surface area contributed by atoms with E-state index < -0.39 is 0 Å². The smallest absolute Gasteiger partial charge is 0.260 e. The van der Waals surface area contributed by atoms with Gasteiger partial charge in [0.2, 0.25) is 5.95 Å². The number of aromatic amines is 1. The number of imidazole rings is 1. The highest BCUT2D eigenvalue weighted by Crippen LogP contribution is 2.41. The lowest BCUT2D eigenvalue weighted by atomic mass is 9.94. The number of hydrogen-bond acceptors (Lipinski definition) is 8. The highest BCUT2D eigenvalue weighted by molar-refractivity contribution is 6.41. The van der Waals surface area contributed by atoms with Gasteiger partial charge in [0.1, 0.15) is 16.7 Å². The molecule has 11 heteroatoms. The molecule has 3 aromatic heterocycles. The highest BCUT2D eigenvalue weighted by Gasteiger charge is 2.37. The van der Waals surface area contributed by atoms with E-state index in [4.69, 9.17) is 26.8 Å². The van der Waals surface area contributed by atoms with E-state index in [1.165, 1.54) is 4.90 Å². The fourth-order valence-electron chi connectivity index (χ4n) is 4.98. The predicted octanol–water partition coefficient (Wildman–Crippen LogP) is 3.90. The number of amides is 1. The third-order valence-corrected chi connectivity index (χ3v) is 7.29. The van der Waals surface area contributed by atoms with E-state index in [0.717, 1.165) is 61.5 Å². The summed E-state index contributed by atoms with van der Waals surface area (Å²) in [5, 5.41) is 0.113. The van der Waals surface area contributed by atoms with Gasteiger partial charge in [-0.2, -0.15) is 4.98 Å². The zero-order chi connectivity index (χ0) is 26.1. The van der Waals surface area contributed by atoms with Gasteiger partial charge in [-0.1, -0.05) is 11.6 Å². The van der Waals surface area contributed by atoms with Crippen LogP contribution in [0.4, 0.5) is 11.8 Å². The van der Waals surface area contributed by atoms with Crippen molar-refractivity contribution < 1.29 is 14.3 Å². The lowest BCUT2D eigenvalue weighted by molar-refractivity contribution is -0.113. The standard InChI is InChI=1S/C26H30ClN7O3/c1-14-11-29-19(15(2)22(14)36-3)13-34-24-21(23(27)32-26(28)33-24)18(25(34)35)10-20-30-12-17(31-20)5-4-16-6-8-37-9-7-16/h10-12,16H,4-9,13H2,1-3H3,(H,30,31)(H2,28,32,33)/b18-10-. The summed E-state index contributed by atoms with van der Waals surface area (Å²) in [6.07, 6.45) is 9.38. The molecule has 1 amide bonds. The van der Waals surface area contributed by atoms with Gasteiger partial charge in [0.15, 0.2) is 5.82 Å². The zero-order valence-corrected chi connectivity index (χ0v) is 21.9. The van der Waals surface area contributed by atoms with Gasteiger partial charge in [-0.15, -0.1) is 0 Å². The highest BCUT2D eigenvalue weighted by atomic mass is 35.5. The molecule has 0 spiro atoms. The maximum Gasteiger partial charge on any atom is 0.260 e. The van der Waals surface area contributed by atoms with Gasteiger partial charge in [0, 0.05) is 42.4 Å². The van der Waals surface area contributed by atoms with Crippen LogP contribution in [0.1, 0.15) is 53.2 Å². The summed E-state index contributed by atoms with van der Waals surface area (Å²) in [6, 6.07) is 0. The average Bonchev–Trinajstić information content (AvgIpc) is 3.43. The molecule has 0 unspecified atom stereocenters. The molecule has 10 nitrogen and oxygen atoms in total. The quantitative estimate of drug-likeness (QED) is 0.352. The number of anilines is 2. The molecule has 5 heterocycles. The van der Waals surface area contributed by atoms with Gasteiger partial charge in [0.25, 0.3) is 5.91 Å². The van der Waals surface area contributed by atoms with Crippen molar-refractivity contribution in [2.24, 2.45) is 5.92 Å². The molecule has 3 aromatic rings. The number of rotatable bonds is 7. The largest absolute Gasteiger partial charge is 0.496 e. The van der Waals surface area contributed by atoms with Crippen LogP contribution in [0, 0.1) is 19.8 Å². The Balaban J connectivity index is 1.44. The first-order valence-corrected chi connectivity index (χ1v) is 12.7. The van der Waals surface area contributed by atoms with Crippen LogP contribution in [-0.2, 0) is 22.5 Å². The minimum absolute atomic E-state index is 0.0117. The van der Waals surface area contributed by atoms with Gasteiger partial charge < -0.3 is 20.2 Å². The van der Waals surface area contributed by atoms with E-state index in [2.05, 4.69) is 24.9 Å². The predicted molar refractivity (Wildman–Crippen MR) is 141 cm³/mol. The van der Waals surface area contributed by atoms with Crippen LogP contribution < -0.4 is 15.4 Å². The van der Waals surface area contributed by atoms with Gasteiger partial charge in [-0.25, -0.2) is 9.97 Å². The molecule has 5 rings (SSSR count). The number of carbonyl (C=O) groups excluding carboxylic acids is 1. The molecule has 0 bridgehead atoms. The number of hydrogen-bond donors (Lipinski definition) is 2. The number of nitrogens with one attached hydrogen (secondary N) is 1. The Labute approximate surface area is 220 Å². The molecule has 2 aliphatic heterocycles. The minimum Gasteiger partial charge on any atom is -0.496 e. The van der Waals surface area contributed by atoms with Crippen molar-refractivity contribution in [3.63, 3.8) is 0 Å². The van der Waals surface area contributed by atoms with E-state index in [1.54, 1.807) is 19.4 Å². The van der Waals surface area contributed by atoms with E-state index in [9.17, 15) is 4.79 Å². The summed E-state index contributed by atoms with van der Waals surface area (Å²) in [5.74, 6) is 2.02. The summed E-state index contributed by atoms with van der Waals surface area (Å²) in [6.45, 7) is 5.68. The number of halogens is 1. The molecule has 0 radical (unpaired) electrons. The lowest BCUT2D eigenvalue weighted by Crippen LogP contribution is -2.27. The third-order valence-electron chi connectivity index (χ3n) is 7.01. The van der Waals surface area contributed by atoms with E-state index in [0.29, 0.717) is 34.4 Å². The molecule has 0 atom stereocenters. The summed E-state index contributed by atoms with van der Waals surface area (Å²) < 4.78 is 11.0. The van der Waals surface area contributed by atoms with E-state index >= 15 is 0 Å². The van der Waals surface area contributed by atoms with E-state index in [-0.39, 0.29) is 23.6 Å². The normalized spacial score (nSPS) is 17.0. The number of nitrogens with two attached hydrogens (primary N) is 1. The number of pyridine rings is 1. The molecule has 2 aliphatic rings. The van der Waals surface area contributed by atoms with Crippen molar-refractivity contribution in [1.29, 1.82) is 0 Å². The summed E-state index contributed by atoms with van der Waals surface area (Å²) in [7, 11) is 1.62. The van der Waals surface area contributed by atoms with Gasteiger partial charge >= 0.3 is 0 Å². The number of nitrogen functional groups attached to an aromatic ring is 1. The first-order chi connectivity index (χ1) is 17.9. The Bertz CT molecular complexity index is 1360. The molecule has 37 heavy (non-hydrogen) atoms. The number of fused-ring (bicyclic) bond motifs is 1. The van der Waals surface area contributed by atoms with Crippen molar-refractivity contribution in [1.82, 2.24) is 24.9 Å². The van der Waals surface area contributed by atoms with Crippen molar-refractivity contribution in [2.45, 2.75) is 46.1 Å². The SMILES string of the molecule is COc1c(C)cnc(CN2C(=O)/C(=C\c3ncc(CCC4CCOCC4)[nH]3)c3c(Cl)nc(N)nc32)c1C. The number of ether oxygens (including phenoxy) is 2. The molecule has 0 saturated carbocycles. The average molecular weight is 524 g/mol. The molecular weight excluding hydrogens is 494 g/mol. The summed E-state index contributed by atoms with van der Waals surface area (Å²) in [5.41, 5.74) is 10.1. The van der Waals surface area contributed by atoms with Gasteiger partial charge in [-0.05, 0) is 51.5 Å². The summed E-state index contributed by atoms with van der Waals surface area (Å²) >= 11 is 6.48. The maximum atomic E-state index is 13.7. The molecule has 194 valence electrons. The van der Waals surface area contributed by atoms with E-state index in [1.807, 2.05) is 20.0 Å². The molecule has 3 N–H and O–H groups in total. The monoisotopic (exact) mass is 523 g/mol. The second-order valence-corrected chi connectivity index (χ2v) is 9.81. The van der Waals surface area contributed by atoms with Crippen LogP contribution in [0.5, 0.6) is 5.75 Å². The van der Waals surface area contributed by atoms with Crippen molar-refractivity contribution in [2.75, 3.05) is 31.0 Å². The number of aromatic nitrogens is 5. The molecule has 1 saturated heterocycles. The number of carbonyl (C=O) groups is 1. The molecule has 1 fully saturated rings. The topological polar surface area (TPSA) is 132 Å². The third kappa shape index (κ3) is 5.03. The number of methoxy groups -OCH3 is 1. The Morgan fingerprint density at radius 1 is 1.24 bits per heavy atom. The number of H-pyrrole nitrogens is 1. The minimum atomic E-state index is -0.280. The number of nitrogens with zero attached hydrogens (tertiary/aromatic N) is 5. The van der Waals surface area contributed by atoms with Crippen molar-refractivity contribution in [3.05, 3.63) is 51.4 Å². The van der Waals surface area contributed by atoms with Crippen LogP contribution in [0.3, 0.4) is 0 Å². The Morgan fingerprint density at radius 3 is 2.78 bits per heavy atom. The Morgan fingerprint density at radius 2 is 2.03 bits per heavy atom. The Hall–Kier alpha value is -3.50. The zero-order valence-electron chi connectivity index (χ0n) is 21.2. The fraction of sp³-hybridized carbons (Fsp3) is 0.423. The van der Waals surface area contributed by atoms with Crippen molar-refractivity contribution >= 4 is 40.9 Å². The maximum absolute atomic E-state index is 13.7. The summed E-state index contributed by atoms with van der Waals surface area (Å²) in [4.78, 5) is 36.0.